The van der Waals surface area contributed by atoms with Gasteiger partial charge in [0.05, 0.1) is 79.3 Å². The molecule has 10 rings (SSSR count). The summed E-state index contributed by atoms with van der Waals surface area (Å²) in [5.41, 5.74) is 4.90. The van der Waals surface area contributed by atoms with Gasteiger partial charge in [-0.25, -0.2) is 38.2 Å². The van der Waals surface area contributed by atoms with Crippen LogP contribution in [0.25, 0.3) is 26.9 Å². The van der Waals surface area contributed by atoms with Gasteiger partial charge in [-0.15, -0.1) is 0 Å². The molecule has 1 N–H and O–H groups in total. The predicted octanol–water partition coefficient (Wildman–Crippen LogP) is 7.25. The summed E-state index contributed by atoms with van der Waals surface area (Å²) in [5.74, 6) is 1.57. The first kappa shape index (κ1) is 44.7. The molecule has 4 atom stereocenters. The minimum absolute atomic E-state index is 0.0656. The van der Waals surface area contributed by atoms with Crippen LogP contribution in [0, 0.1) is 30.0 Å². The van der Waals surface area contributed by atoms with Crippen LogP contribution in [-0.2, 0) is 51.5 Å². The molecule has 7 heterocycles. The average molecular weight is 903 g/mol. The smallest absolute Gasteiger partial charge is 0.337 e. The molecule has 6 aromatic rings. The van der Waals surface area contributed by atoms with Crippen LogP contribution in [0.3, 0.4) is 0 Å². The van der Waals surface area contributed by atoms with E-state index in [9.17, 15) is 18.4 Å². The largest absolute Gasteiger partial charge is 0.484 e. The number of rotatable bonds is 14. The van der Waals surface area contributed by atoms with E-state index in [0.717, 1.165) is 111 Å². The number of nitrogens with one attached hydrogen (secondary N) is 1. The molecule has 0 spiro atoms. The molecule has 66 heavy (non-hydrogen) atoms. The van der Waals surface area contributed by atoms with Gasteiger partial charge in [0.1, 0.15) is 35.6 Å². The van der Waals surface area contributed by atoms with Crippen molar-refractivity contribution in [1.82, 2.24) is 29.4 Å². The van der Waals surface area contributed by atoms with Gasteiger partial charge >= 0.3 is 11.9 Å². The molecule has 4 aliphatic heterocycles. The Hall–Kier alpha value is -6.48. The molecule has 4 saturated heterocycles. The number of carbonyl (C=O) groups excluding carboxylic acids is 2. The summed E-state index contributed by atoms with van der Waals surface area (Å²) in [6, 6.07) is 17.9. The van der Waals surface area contributed by atoms with E-state index in [1.165, 1.54) is 38.8 Å². The van der Waals surface area contributed by atoms with Gasteiger partial charge in [-0.2, -0.15) is 0 Å². The fraction of sp³-hybridized carbons (Fsp3) is 0.429. The summed E-state index contributed by atoms with van der Waals surface area (Å²) >= 11 is 0. The molecule has 0 amide bonds. The predicted molar refractivity (Wildman–Crippen MR) is 241 cm³/mol. The highest BCUT2D eigenvalue weighted by atomic mass is 19.1. The molecule has 3 aromatic carbocycles. The number of halogens is 2. The lowest BCUT2D eigenvalue weighted by molar-refractivity contribution is -0.0591. The van der Waals surface area contributed by atoms with Gasteiger partial charge in [0.25, 0.3) is 0 Å². The molecule has 3 aromatic heterocycles. The average Bonchev–Trinajstić information content (AvgIpc) is 4.13. The normalized spacial score (nSPS) is 20.0. The van der Waals surface area contributed by atoms with Crippen molar-refractivity contribution in [3.05, 3.63) is 118 Å². The monoisotopic (exact) mass is 902 g/mol. The van der Waals surface area contributed by atoms with Crippen LogP contribution in [0.1, 0.15) is 63.7 Å². The van der Waals surface area contributed by atoms with E-state index in [-0.39, 0.29) is 47.8 Å². The van der Waals surface area contributed by atoms with E-state index in [4.69, 9.17) is 40.2 Å². The van der Waals surface area contributed by atoms with Crippen molar-refractivity contribution < 1.29 is 42.1 Å². The number of esters is 2. The maximum atomic E-state index is 14.6. The van der Waals surface area contributed by atoms with Gasteiger partial charge in [-0.3, -0.25) is 0 Å². The minimum Gasteiger partial charge on any atom is -0.484 e. The maximum absolute atomic E-state index is 14.6. The van der Waals surface area contributed by atoms with Gasteiger partial charge in [-0.05, 0) is 111 Å². The lowest BCUT2D eigenvalue weighted by Gasteiger charge is -2.28. The molecule has 15 nitrogen and oxygen atoms in total. The number of carbonyl (C=O) groups is 2. The molecule has 0 saturated carbocycles. The van der Waals surface area contributed by atoms with Crippen LogP contribution in [0.2, 0.25) is 0 Å². The molecule has 0 unspecified atom stereocenters. The standard InChI is InChI=1S/C31H29F2N5O4.C18H23N3O3/c1-34-21-4-7-28(24(33)15-21)42-18-26-23(32)5-8-29(36-26)37-11-9-19(16-37)13-30-35-25-6-3-20(31(39)40-2)14-27(25)38(30)17-22-10-12-41-22;1-23-18(22)13-2-3-15-16(9-13)21(11-14-5-7-24-14)17(20-15)8-12-4-6-19-10-12/h3-8,14-15,19,22H,9-13,16-18H2,2H3;2-3,9,12,14,19H,4-8,10-11H2,1H3/t19-,22-;12-,14-/m00/s1. The zero-order chi connectivity index (χ0) is 45.7. The van der Waals surface area contributed by atoms with Crippen LogP contribution in [0.4, 0.5) is 20.3 Å². The number of methoxy groups -OCH3 is 2. The van der Waals surface area contributed by atoms with Crippen molar-refractivity contribution in [1.29, 1.82) is 0 Å². The third-order valence-corrected chi connectivity index (χ3v) is 12.9. The zero-order valence-electron chi connectivity index (χ0n) is 37.0. The summed E-state index contributed by atoms with van der Waals surface area (Å²) in [6.07, 6.45) is 6.21. The Bertz CT molecular complexity index is 2770. The summed E-state index contributed by atoms with van der Waals surface area (Å²) in [5, 5.41) is 3.42. The second kappa shape index (κ2) is 19.9. The van der Waals surface area contributed by atoms with E-state index in [0.29, 0.717) is 36.0 Å². The number of ether oxygens (including phenoxy) is 5. The van der Waals surface area contributed by atoms with E-state index >= 15 is 0 Å². The van der Waals surface area contributed by atoms with Crippen molar-refractivity contribution in [2.24, 2.45) is 11.8 Å². The molecule has 0 aliphatic carbocycles. The van der Waals surface area contributed by atoms with E-state index < -0.39 is 17.6 Å². The zero-order valence-corrected chi connectivity index (χ0v) is 37.0. The summed E-state index contributed by atoms with van der Waals surface area (Å²) in [6.45, 7) is 13.4. The molecular weight excluding hydrogens is 851 g/mol. The van der Waals surface area contributed by atoms with Crippen molar-refractivity contribution in [3.63, 3.8) is 0 Å². The molecule has 0 bridgehead atoms. The number of anilines is 1. The highest BCUT2D eigenvalue weighted by Gasteiger charge is 2.29. The van der Waals surface area contributed by atoms with E-state index in [1.54, 1.807) is 18.2 Å². The molecule has 4 fully saturated rings. The number of nitrogens with zero attached hydrogens (tertiary/aromatic N) is 7. The Morgan fingerprint density at radius 2 is 1.39 bits per heavy atom. The van der Waals surface area contributed by atoms with Gasteiger partial charge < -0.3 is 43.0 Å². The van der Waals surface area contributed by atoms with Crippen LogP contribution in [-0.4, -0.2) is 102 Å². The number of aromatic nitrogens is 5. The first-order valence-electron chi connectivity index (χ1n) is 22.4. The quantitative estimate of drug-likeness (QED) is 0.0868. The molecule has 4 aliphatic rings. The van der Waals surface area contributed by atoms with E-state index in [2.05, 4.69) is 29.2 Å². The number of pyridine rings is 1. The molecule has 17 heteroatoms. The maximum Gasteiger partial charge on any atom is 0.337 e. The van der Waals surface area contributed by atoms with E-state index in [1.807, 2.05) is 24.3 Å². The number of hydrogen-bond acceptors (Lipinski definition) is 12. The van der Waals surface area contributed by atoms with Gasteiger partial charge in [0.2, 0.25) is 0 Å². The van der Waals surface area contributed by atoms with Crippen LogP contribution < -0.4 is 15.0 Å². The molecule has 344 valence electrons. The third kappa shape index (κ3) is 9.86. The van der Waals surface area contributed by atoms with Crippen molar-refractivity contribution in [3.8, 4) is 5.75 Å². The third-order valence-electron chi connectivity index (χ3n) is 12.9. The summed E-state index contributed by atoms with van der Waals surface area (Å²) < 4.78 is 59.8. The van der Waals surface area contributed by atoms with Crippen LogP contribution in [0.5, 0.6) is 5.75 Å². The second-order valence-corrected chi connectivity index (χ2v) is 17.2. The fourth-order valence-corrected chi connectivity index (χ4v) is 9.00. The first-order chi connectivity index (χ1) is 32.2. The lowest BCUT2D eigenvalue weighted by atomic mass is 10.0. The highest BCUT2D eigenvalue weighted by Crippen LogP contribution is 2.31. The number of benzene rings is 3. The lowest BCUT2D eigenvalue weighted by Crippen LogP contribution is -2.32. The van der Waals surface area contributed by atoms with Crippen LogP contribution >= 0.6 is 0 Å². The molecular formula is C49H52F2N8O7. The Labute approximate surface area is 380 Å². The summed E-state index contributed by atoms with van der Waals surface area (Å²) in [4.78, 5) is 43.6. The Morgan fingerprint density at radius 3 is 1.92 bits per heavy atom. The minimum atomic E-state index is -0.682. The topological polar surface area (TPSA) is 148 Å². The van der Waals surface area contributed by atoms with Gasteiger partial charge in [-0.1, -0.05) is 6.07 Å². The number of imidazole rings is 2. The Balaban J connectivity index is 0.000000192. The molecule has 0 radical (unpaired) electrons. The second-order valence-electron chi connectivity index (χ2n) is 17.2. The Morgan fingerprint density at radius 1 is 0.773 bits per heavy atom. The SMILES string of the molecule is COC(=O)c1ccc2nc(C[C@@H]3CCNC3)n(C[C@@H]3CCO3)c2c1.[C-]#[N+]c1ccc(OCc2nc(N3CC[C@@H](Cc4nc5ccc(C(=O)OC)cc5n4C[C@@H]4CCO4)C3)ccc2F)c(F)c1. The first-order valence-corrected chi connectivity index (χ1v) is 22.4. The number of hydrogen-bond donors (Lipinski definition) is 1. The number of fused-ring (bicyclic) bond motifs is 2. The van der Waals surface area contributed by atoms with Crippen molar-refractivity contribution in [2.45, 2.75) is 70.4 Å². The van der Waals surface area contributed by atoms with Crippen LogP contribution in [0.15, 0.2) is 66.7 Å². The summed E-state index contributed by atoms with van der Waals surface area (Å²) in [7, 11) is 2.77. The fourth-order valence-electron chi connectivity index (χ4n) is 9.00. The Kier molecular flexibility index (Phi) is 13.5. The van der Waals surface area contributed by atoms with Gasteiger partial charge in [0.15, 0.2) is 17.3 Å². The van der Waals surface area contributed by atoms with Crippen molar-refractivity contribution >= 4 is 45.5 Å². The highest BCUT2D eigenvalue weighted by molar-refractivity contribution is 5.94. The van der Waals surface area contributed by atoms with Crippen molar-refractivity contribution in [2.75, 3.05) is 58.5 Å². The van der Waals surface area contributed by atoms with Gasteiger partial charge in [0, 0.05) is 39.1 Å².